The molecule has 0 aliphatic carbocycles. The van der Waals surface area contributed by atoms with E-state index in [1.54, 1.807) is 6.07 Å². The summed E-state index contributed by atoms with van der Waals surface area (Å²) in [5.74, 6) is 1.95. The van der Waals surface area contributed by atoms with Gasteiger partial charge in [0.15, 0.2) is 5.82 Å². The number of fused-ring (bicyclic) bond motifs is 1. The van der Waals surface area contributed by atoms with Gasteiger partial charge < -0.3 is 16.0 Å². The fourth-order valence-electron chi connectivity index (χ4n) is 2.50. The second kappa shape index (κ2) is 4.33. The van der Waals surface area contributed by atoms with Gasteiger partial charge in [-0.3, -0.25) is 0 Å². The minimum Gasteiger partial charge on any atom is -0.399 e. The van der Waals surface area contributed by atoms with Crippen LogP contribution in [0, 0.1) is 0 Å². The standard InChI is InChI=1S/C13H17N5/c14-10-6-9(7-11(15)8-10)13-17-16-12-4-2-1-3-5-18(12)13/h6-8H,1-5,14-15H2. The lowest BCUT2D eigenvalue weighted by Gasteiger charge is -2.08. The Morgan fingerprint density at radius 2 is 1.72 bits per heavy atom. The Kier molecular flexibility index (Phi) is 2.66. The van der Waals surface area contributed by atoms with Crippen molar-refractivity contribution < 1.29 is 0 Å². The van der Waals surface area contributed by atoms with E-state index < -0.39 is 0 Å². The van der Waals surface area contributed by atoms with E-state index in [1.165, 1.54) is 19.3 Å². The zero-order valence-electron chi connectivity index (χ0n) is 10.3. The predicted molar refractivity (Wildman–Crippen MR) is 71.8 cm³/mol. The summed E-state index contributed by atoms with van der Waals surface area (Å²) < 4.78 is 2.20. The van der Waals surface area contributed by atoms with Gasteiger partial charge >= 0.3 is 0 Å². The van der Waals surface area contributed by atoms with E-state index in [9.17, 15) is 0 Å². The highest BCUT2D eigenvalue weighted by molar-refractivity contribution is 5.68. The van der Waals surface area contributed by atoms with Crippen molar-refractivity contribution in [3.63, 3.8) is 0 Å². The molecule has 1 aliphatic heterocycles. The highest BCUT2D eigenvalue weighted by atomic mass is 15.3. The summed E-state index contributed by atoms with van der Waals surface area (Å²) in [6.45, 7) is 0.979. The van der Waals surface area contributed by atoms with Gasteiger partial charge in [0.05, 0.1) is 0 Å². The highest BCUT2D eigenvalue weighted by Gasteiger charge is 2.16. The topological polar surface area (TPSA) is 82.8 Å². The molecule has 2 aromatic rings. The normalized spacial score (nSPS) is 15.1. The molecule has 0 saturated heterocycles. The van der Waals surface area contributed by atoms with Crippen molar-refractivity contribution in [2.24, 2.45) is 0 Å². The van der Waals surface area contributed by atoms with Gasteiger partial charge in [-0.25, -0.2) is 0 Å². The first kappa shape index (κ1) is 11.1. The van der Waals surface area contributed by atoms with Gasteiger partial charge in [0.25, 0.3) is 0 Å². The molecule has 5 nitrogen and oxygen atoms in total. The Bertz CT molecular complexity index is 553. The third kappa shape index (κ3) is 1.92. The average Bonchev–Trinajstić information content (AvgIpc) is 2.57. The molecule has 1 aromatic heterocycles. The summed E-state index contributed by atoms with van der Waals surface area (Å²) in [5, 5.41) is 8.58. The van der Waals surface area contributed by atoms with Crippen molar-refractivity contribution >= 4 is 11.4 Å². The summed E-state index contributed by atoms with van der Waals surface area (Å²) >= 11 is 0. The molecule has 0 unspecified atom stereocenters. The fraction of sp³-hybridized carbons (Fsp3) is 0.385. The number of nitrogens with two attached hydrogens (primary N) is 2. The molecule has 0 bridgehead atoms. The van der Waals surface area contributed by atoms with Crippen molar-refractivity contribution in [3.8, 4) is 11.4 Å². The Labute approximate surface area is 106 Å². The second-order valence-electron chi connectivity index (χ2n) is 4.79. The van der Waals surface area contributed by atoms with Gasteiger partial charge in [-0.15, -0.1) is 10.2 Å². The lowest BCUT2D eigenvalue weighted by atomic mass is 10.1. The predicted octanol–water partition coefficient (Wildman–Crippen LogP) is 1.84. The second-order valence-corrected chi connectivity index (χ2v) is 4.79. The Morgan fingerprint density at radius 3 is 2.50 bits per heavy atom. The number of benzene rings is 1. The van der Waals surface area contributed by atoms with E-state index in [0.29, 0.717) is 11.4 Å². The molecule has 3 rings (SSSR count). The molecule has 4 N–H and O–H groups in total. The van der Waals surface area contributed by atoms with Crippen LogP contribution in [0.3, 0.4) is 0 Å². The molecule has 0 atom stereocenters. The first-order valence-corrected chi connectivity index (χ1v) is 6.32. The number of aromatic nitrogens is 3. The van der Waals surface area contributed by atoms with E-state index >= 15 is 0 Å². The molecule has 0 spiro atoms. The third-order valence-electron chi connectivity index (χ3n) is 3.35. The maximum absolute atomic E-state index is 5.84. The number of anilines is 2. The maximum Gasteiger partial charge on any atom is 0.164 e. The van der Waals surface area contributed by atoms with Gasteiger partial charge in [0.1, 0.15) is 5.82 Å². The smallest absolute Gasteiger partial charge is 0.164 e. The third-order valence-corrected chi connectivity index (χ3v) is 3.35. The molecular formula is C13H17N5. The zero-order chi connectivity index (χ0) is 12.5. The Morgan fingerprint density at radius 1 is 0.944 bits per heavy atom. The van der Waals surface area contributed by atoms with Crippen LogP contribution in [-0.4, -0.2) is 14.8 Å². The molecular weight excluding hydrogens is 226 g/mol. The van der Waals surface area contributed by atoms with Crippen LogP contribution < -0.4 is 11.5 Å². The Hall–Kier alpha value is -2.04. The van der Waals surface area contributed by atoms with E-state index in [0.717, 1.165) is 30.2 Å². The average molecular weight is 243 g/mol. The van der Waals surface area contributed by atoms with Crippen LogP contribution in [0.5, 0.6) is 0 Å². The van der Waals surface area contributed by atoms with Gasteiger partial charge in [-0.1, -0.05) is 6.42 Å². The summed E-state index contributed by atoms with van der Waals surface area (Å²) in [6, 6.07) is 5.56. The molecule has 94 valence electrons. The van der Waals surface area contributed by atoms with E-state index in [1.807, 2.05) is 12.1 Å². The first-order valence-electron chi connectivity index (χ1n) is 6.32. The number of hydrogen-bond donors (Lipinski definition) is 2. The minimum atomic E-state index is 0.663. The van der Waals surface area contributed by atoms with Gasteiger partial charge in [0.2, 0.25) is 0 Å². The lowest BCUT2D eigenvalue weighted by Crippen LogP contribution is -2.03. The van der Waals surface area contributed by atoms with Crippen molar-refractivity contribution in [3.05, 3.63) is 24.0 Å². The van der Waals surface area contributed by atoms with Crippen molar-refractivity contribution in [2.45, 2.75) is 32.2 Å². The van der Waals surface area contributed by atoms with Crippen LogP contribution in [0.4, 0.5) is 11.4 Å². The van der Waals surface area contributed by atoms with Crippen molar-refractivity contribution in [1.29, 1.82) is 0 Å². The number of rotatable bonds is 1. The molecule has 1 aliphatic rings. The number of hydrogen-bond acceptors (Lipinski definition) is 4. The van der Waals surface area contributed by atoms with Crippen molar-refractivity contribution in [1.82, 2.24) is 14.8 Å². The molecule has 0 saturated carbocycles. The van der Waals surface area contributed by atoms with E-state index in [4.69, 9.17) is 11.5 Å². The maximum atomic E-state index is 5.84. The van der Waals surface area contributed by atoms with Crippen LogP contribution in [0.25, 0.3) is 11.4 Å². The fourth-order valence-corrected chi connectivity index (χ4v) is 2.50. The summed E-state index contributed by atoms with van der Waals surface area (Å²) in [6.07, 6.45) is 4.62. The molecule has 2 heterocycles. The zero-order valence-corrected chi connectivity index (χ0v) is 10.3. The highest BCUT2D eigenvalue weighted by Crippen LogP contribution is 2.26. The van der Waals surface area contributed by atoms with Crippen LogP contribution in [0.1, 0.15) is 25.1 Å². The summed E-state index contributed by atoms with van der Waals surface area (Å²) in [7, 11) is 0. The summed E-state index contributed by atoms with van der Waals surface area (Å²) in [5.41, 5.74) is 13.9. The monoisotopic (exact) mass is 243 g/mol. The van der Waals surface area contributed by atoms with E-state index in [-0.39, 0.29) is 0 Å². The molecule has 0 fully saturated rings. The lowest BCUT2D eigenvalue weighted by molar-refractivity contribution is 0.637. The quantitative estimate of drug-likeness (QED) is 0.749. The van der Waals surface area contributed by atoms with Gasteiger partial charge in [-0.05, 0) is 31.0 Å². The molecule has 1 aromatic carbocycles. The van der Waals surface area contributed by atoms with Crippen LogP contribution >= 0.6 is 0 Å². The largest absolute Gasteiger partial charge is 0.399 e. The Balaban J connectivity index is 2.09. The molecule has 0 amide bonds. The summed E-state index contributed by atoms with van der Waals surface area (Å²) in [4.78, 5) is 0. The number of nitrogens with zero attached hydrogens (tertiary/aromatic N) is 3. The molecule has 5 heteroatoms. The minimum absolute atomic E-state index is 0.663. The van der Waals surface area contributed by atoms with Gasteiger partial charge in [0, 0.05) is 29.9 Å². The number of aryl methyl sites for hydroxylation is 1. The first-order chi connectivity index (χ1) is 8.74. The SMILES string of the molecule is Nc1cc(N)cc(-c2nnc3n2CCCCC3)c1. The number of nitrogen functional groups attached to an aromatic ring is 2. The van der Waals surface area contributed by atoms with Crippen molar-refractivity contribution in [2.75, 3.05) is 11.5 Å². The van der Waals surface area contributed by atoms with Crippen LogP contribution in [0.15, 0.2) is 18.2 Å². The van der Waals surface area contributed by atoms with Crippen LogP contribution in [-0.2, 0) is 13.0 Å². The molecule has 18 heavy (non-hydrogen) atoms. The van der Waals surface area contributed by atoms with E-state index in [2.05, 4.69) is 14.8 Å². The van der Waals surface area contributed by atoms with Gasteiger partial charge in [-0.2, -0.15) is 0 Å². The molecule has 0 radical (unpaired) electrons. The van der Waals surface area contributed by atoms with Crippen LogP contribution in [0.2, 0.25) is 0 Å².